The van der Waals surface area contributed by atoms with E-state index in [0.717, 1.165) is 5.25 Å². The van der Waals surface area contributed by atoms with Gasteiger partial charge in [0.05, 0.1) is 0 Å². The lowest BCUT2D eigenvalue weighted by molar-refractivity contribution is 0.344. The third-order valence-corrected chi connectivity index (χ3v) is 5.07. The molecule has 2 unspecified atom stereocenters. The number of hydrogen-bond donors (Lipinski definition) is 1. The zero-order valence-electron chi connectivity index (χ0n) is 7.94. The van der Waals surface area contributed by atoms with Crippen molar-refractivity contribution in [3.05, 3.63) is 0 Å². The van der Waals surface area contributed by atoms with Gasteiger partial charge in [0, 0.05) is 10.8 Å². The van der Waals surface area contributed by atoms with E-state index >= 15 is 0 Å². The summed E-state index contributed by atoms with van der Waals surface area (Å²) in [7, 11) is 0. The molecule has 2 rings (SSSR count). The standard InChI is InChI=1S/C10H19NS/c1-2-10(6-4-7-11-10)9-5-3-8-12-9/h9,11H,2-8H2,1H3. The van der Waals surface area contributed by atoms with Gasteiger partial charge in [0.1, 0.15) is 0 Å². The summed E-state index contributed by atoms with van der Waals surface area (Å²) in [6.07, 6.45) is 7.03. The molecule has 1 nitrogen and oxygen atoms in total. The van der Waals surface area contributed by atoms with Crippen molar-refractivity contribution in [3.63, 3.8) is 0 Å². The van der Waals surface area contributed by atoms with E-state index < -0.39 is 0 Å². The smallest absolute Gasteiger partial charge is 0.0298 e. The maximum Gasteiger partial charge on any atom is 0.0298 e. The lowest BCUT2D eigenvalue weighted by Crippen LogP contribution is -2.47. The zero-order valence-corrected chi connectivity index (χ0v) is 8.75. The molecule has 0 aromatic carbocycles. The molecule has 12 heavy (non-hydrogen) atoms. The van der Waals surface area contributed by atoms with Crippen LogP contribution in [0.2, 0.25) is 0 Å². The van der Waals surface area contributed by atoms with Crippen molar-refractivity contribution in [3.8, 4) is 0 Å². The van der Waals surface area contributed by atoms with Crippen molar-refractivity contribution < 1.29 is 0 Å². The second kappa shape index (κ2) is 3.59. The quantitative estimate of drug-likeness (QED) is 0.709. The van der Waals surface area contributed by atoms with E-state index in [4.69, 9.17) is 0 Å². The molecule has 2 aliphatic heterocycles. The van der Waals surface area contributed by atoms with Crippen molar-refractivity contribution in [2.45, 2.75) is 49.8 Å². The number of hydrogen-bond acceptors (Lipinski definition) is 2. The normalized spacial score (nSPS) is 42.2. The molecular weight excluding hydrogens is 166 g/mol. The molecule has 70 valence electrons. The Balaban J connectivity index is 2.04. The Hall–Kier alpha value is 0.310. The van der Waals surface area contributed by atoms with Crippen molar-refractivity contribution in [1.82, 2.24) is 5.32 Å². The Morgan fingerprint density at radius 3 is 2.92 bits per heavy atom. The van der Waals surface area contributed by atoms with Crippen LogP contribution in [0.4, 0.5) is 0 Å². The van der Waals surface area contributed by atoms with Gasteiger partial charge in [-0.1, -0.05) is 6.92 Å². The predicted octanol–water partition coefficient (Wildman–Crippen LogP) is 2.41. The van der Waals surface area contributed by atoms with E-state index in [1.807, 2.05) is 0 Å². The van der Waals surface area contributed by atoms with E-state index in [9.17, 15) is 0 Å². The van der Waals surface area contributed by atoms with E-state index in [1.165, 1.54) is 44.4 Å². The lowest BCUT2D eigenvalue weighted by atomic mass is 9.88. The molecule has 0 amide bonds. The summed E-state index contributed by atoms with van der Waals surface area (Å²) < 4.78 is 0. The van der Waals surface area contributed by atoms with Gasteiger partial charge < -0.3 is 5.32 Å². The summed E-state index contributed by atoms with van der Waals surface area (Å²) in [4.78, 5) is 0. The van der Waals surface area contributed by atoms with Crippen LogP contribution < -0.4 is 5.32 Å². The highest BCUT2D eigenvalue weighted by Gasteiger charge is 2.40. The molecule has 2 fully saturated rings. The molecule has 0 radical (unpaired) electrons. The van der Waals surface area contributed by atoms with Gasteiger partial charge in [0.25, 0.3) is 0 Å². The molecule has 0 bridgehead atoms. The van der Waals surface area contributed by atoms with E-state index in [0.29, 0.717) is 5.54 Å². The number of nitrogens with one attached hydrogen (secondary N) is 1. The van der Waals surface area contributed by atoms with Gasteiger partial charge in [-0.15, -0.1) is 0 Å². The van der Waals surface area contributed by atoms with Gasteiger partial charge in [0.2, 0.25) is 0 Å². The topological polar surface area (TPSA) is 12.0 Å². The summed E-state index contributed by atoms with van der Waals surface area (Å²) in [5, 5.41) is 4.66. The maximum atomic E-state index is 3.74. The van der Waals surface area contributed by atoms with Gasteiger partial charge in [0.15, 0.2) is 0 Å². The van der Waals surface area contributed by atoms with Crippen LogP contribution in [-0.4, -0.2) is 23.1 Å². The predicted molar refractivity (Wildman–Crippen MR) is 55.7 cm³/mol. The molecule has 0 aromatic rings. The van der Waals surface area contributed by atoms with Crippen molar-refractivity contribution in [2.75, 3.05) is 12.3 Å². The Kier molecular flexibility index (Phi) is 2.66. The molecule has 2 aliphatic rings. The van der Waals surface area contributed by atoms with Crippen molar-refractivity contribution >= 4 is 11.8 Å². The summed E-state index contributed by atoms with van der Waals surface area (Å²) in [6.45, 7) is 3.60. The van der Waals surface area contributed by atoms with Gasteiger partial charge >= 0.3 is 0 Å². The van der Waals surface area contributed by atoms with Gasteiger partial charge in [-0.2, -0.15) is 11.8 Å². The fraction of sp³-hybridized carbons (Fsp3) is 1.00. The van der Waals surface area contributed by atoms with Crippen LogP contribution in [0.3, 0.4) is 0 Å². The van der Waals surface area contributed by atoms with E-state index in [1.54, 1.807) is 0 Å². The van der Waals surface area contributed by atoms with Gasteiger partial charge in [-0.05, 0) is 44.4 Å². The summed E-state index contributed by atoms with van der Waals surface area (Å²) >= 11 is 2.20. The molecule has 0 aliphatic carbocycles. The van der Waals surface area contributed by atoms with E-state index in [-0.39, 0.29) is 0 Å². The highest BCUT2D eigenvalue weighted by Crippen LogP contribution is 2.40. The molecular formula is C10H19NS. The summed E-state index contributed by atoms with van der Waals surface area (Å²) in [6, 6.07) is 0. The zero-order chi connectivity index (χ0) is 8.44. The molecule has 2 saturated heterocycles. The van der Waals surface area contributed by atoms with Crippen LogP contribution in [0.25, 0.3) is 0 Å². The molecule has 2 atom stereocenters. The van der Waals surface area contributed by atoms with Gasteiger partial charge in [-0.25, -0.2) is 0 Å². The van der Waals surface area contributed by atoms with Gasteiger partial charge in [-0.3, -0.25) is 0 Å². The first-order valence-electron chi connectivity index (χ1n) is 5.24. The second-order valence-electron chi connectivity index (χ2n) is 4.04. The van der Waals surface area contributed by atoms with Crippen LogP contribution in [0, 0.1) is 0 Å². The fourth-order valence-corrected chi connectivity index (χ4v) is 4.29. The van der Waals surface area contributed by atoms with Crippen LogP contribution in [0.5, 0.6) is 0 Å². The lowest BCUT2D eigenvalue weighted by Gasteiger charge is -2.34. The minimum absolute atomic E-state index is 0.529. The highest BCUT2D eigenvalue weighted by molar-refractivity contribution is 8.00. The minimum atomic E-state index is 0.529. The van der Waals surface area contributed by atoms with Crippen LogP contribution in [0.15, 0.2) is 0 Å². The Labute approximate surface area is 79.7 Å². The average molecular weight is 185 g/mol. The molecule has 2 heteroatoms. The molecule has 2 heterocycles. The molecule has 0 spiro atoms. The second-order valence-corrected chi connectivity index (χ2v) is 5.35. The summed E-state index contributed by atoms with van der Waals surface area (Å²) in [5.74, 6) is 1.40. The van der Waals surface area contributed by atoms with Crippen molar-refractivity contribution in [1.29, 1.82) is 0 Å². The first-order chi connectivity index (χ1) is 5.87. The van der Waals surface area contributed by atoms with Crippen LogP contribution in [0.1, 0.15) is 39.0 Å². The van der Waals surface area contributed by atoms with Crippen molar-refractivity contribution in [2.24, 2.45) is 0 Å². The van der Waals surface area contributed by atoms with E-state index in [2.05, 4.69) is 24.0 Å². The Morgan fingerprint density at radius 1 is 1.50 bits per heavy atom. The summed E-state index contributed by atoms with van der Waals surface area (Å²) in [5.41, 5.74) is 0.529. The first-order valence-corrected chi connectivity index (χ1v) is 6.29. The van der Waals surface area contributed by atoms with Crippen LogP contribution in [-0.2, 0) is 0 Å². The maximum absolute atomic E-state index is 3.74. The van der Waals surface area contributed by atoms with Crippen LogP contribution >= 0.6 is 11.8 Å². The monoisotopic (exact) mass is 185 g/mol. The number of rotatable bonds is 2. The largest absolute Gasteiger partial charge is 0.310 e. The molecule has 1 N–H and O–H groups in total. The molecule has 0 saturated carbocycles. The first kappa shape index (κ1) is 8.89. The Bertz CT molecular complexity index is 146. The fourth-order valence-electron chi connectivity index (χ4n) is 2.65. The SMILES string of the molecule is CCC1(C2CCCS2)CCCN1. The number of thioether (sulfide) groups is 1. The molecule has 0 aromatic heterocycles. The minimum Gasteiger partial charge on any atom is -0.310 e. The average Bonchev–Trinajstić information content (AvgIpc) is 2.76. The highest BCUT2D eigenvalue weighted by atomic mass is 32.2. The Morgan fingerprint density at radius 2 is 2.42 bits per heavy atom. The third kappa shape index (κ3) is 1.39. The third-order valence-electron chi connectivity index (χ3n) is 3.45.